The molecule has 0 bridgehead atoms. The highest BCUT2D eigenvalue weighted by Crippen LogP contribution is 2.34. The number of pyridine rings is 2. The van der Waals surface area contributed by atoms with Gasteiger partial charge in [-0.15, -0.1) is 0 Å². The first kappa shape index (κ1) is 16.1. The number of ether oxygens (including phenoxy) is 2. The zero-order valence-corrected chi connectivity index (χ0v) is 14.7. The summed E-state index contributed by atoms with van der Waals surface area (Å²) in [7, 11) is 0. The van der Waals surface area contributed by atoms with Gasteiger partial charge in [0.25, 0.3) is 0 Å². The average Bonchev–Trinajstić information content (AvgIpc) is 3.28. The van der Waals surface area contributed by atoms with Gasteiger partial charge in [0.05, 0.1) is 18.9 Å². The first-order valence-electron chi connectivity index (χ1n) is 9.03. The molecule has 0 spiro atoms. The van der Waals surface area contributed by atoms with Gasteiger partial charge in [-0.05, 0) is 23.8 Å². The zero-order valence-electron chi connectivity index (χ0n) is 14.7. The van der Waals surface area contributed by atoms with Gasteiger partial charge in [-0.2, -0.15) is 0 Å². The summed E-state index contributed by atoms with van der Waals surface area (Å²) in [5.41, 5.74) is 5.97. The maximum absolute atomic E-state index is 5.59. The summed E-state index contributed by atoms with van der Waals surface area (Å²) in [4.78, 5) is 9.31. The van der Waals surface area contributed by atoms with Crippen LogP contribution < -0.4 is 0 Å². The van der Waals surface area contributed by atoms with Crippen LogP contribution in [-0.4, -0.2) is 23.2 Å². The van der Waals surface area contributed by atoms with Gasteiger partial charge in [-0.3, -0.25) is 0 Å². The van der Waals surface area contributed by atoms with E-state index in [1.165, 1.54) is 0 Å². The number of aromatic nitrogens is 2. The van der Waals surface area contributed by atoms with E-state index in [-0.39, 0.29) is 6.29 Å². The molecule has 5 rings (SSSR count). The number of hydrogen-bond acceptors (Lipinski definition) is 4. The Morgan fingerprint density at radius 2 is 1.56 bits per heavy atom. The molecule has 4 aromatic rings. The summed E-state index contributed by atoms with van der Waals surface area (Å²) in [5, 5.41) is 1.03. The van der Waals surface area contributed by atoms with Crippen molar-refractivity contribution in [3.05, 3.63) is 84.6 Å². The minimum Gasteiger partial charge on any atom is -0.346 e. The number of rotatable bonds is 3. The predicted molar refractivity (Wildman–Crippen MR) is 105 cm³/mol. The van der Waals surface area contributed by atoms with Crippen molar-refractivity contribution in [1.29, 1.82) is 0 Å². The molecule has 1 fully saturated rings. The number of nitrogens with zero attached hydrogens (tertiary/aromatic N) is 2. The lowest BCUT2D eigenvalue weighted by molar-refractivity contribution is -0.0441. The van der Waals surface area contributed by atoms with Gasteiger partial charge in [0.1, 0.15) is 0 Å². The van der Waals surface area contributed by atoms with Gasteiger partial charge in [0.2, 0.25) is 0 Å². The van der Waals surface area contributed by atoms with Gasteiger partial charge < -0.3 is 9.47 Å². The van der Waals surface area contributed by atoms with Crippen LogP contribution in [0.3, 0.4) is 0 Å². The molecule has 0 radical (unpaired) electrons. The first-order valence-corrected chi connectivity index (χ1v) is 9.03. The fourth-order valence-electron chi connectivity index (χ4n) is 3.41. The summed E-state index contributed by atoms with van der Waals surface area (Å²) < 4.78 is 11.2. The molecule has 4 nitrogen and oxygen atoms in total. The van der Waals surface area contributed by atoms with Crippen molar-refractivity contribution in [1.82, 2.24) is 9.97 Å². The smallest absolute Gasteiger partial charge is 0.184 e. The summed E-state index contributed by atoms with van der Waals surface area (Å²) in [5.74, 6) is 0. The Hall–Kier alpha value is -3.08. The summed E-state index contributed by atoms with van der Waals surface area (Å²) in [6.45, 7) is 1.28. The molecule has 0 atom stereocenters. The molecule has 0 N–H and O–H groups in total. The molecule has 3 heterocycles. The van der Waals surface area contributed by atoms with Gasteiger partial charge >= 0.3 is 0 Å². The quantitative estimate of drug-likeness (QED) is 0.519. The lowest BCUT2D eigenvalue weighted by atomic mass is 9.97. The fourth-order valence-corrected chi connectivity index (χ4v) is 3.41. The third-order valence-corrected chi connectivity index (χ3v) is 4.75. The topological polar surface area (TPSA) is 44.2 Å². The number of fused-ring (bicyclic) bond motifs is 1. The highest BCUT2D eigenvalue weighted by atomic mass is 16.7. The van der Waals surface area contributed by atoms with Crippen LogP contribution in [0, 0.1) is 0 Å². The van der Waals surface area contributed by atoms with E-state index in [1.807, 2.05) is 42.5 Å². The number of benzene rings is 2. The predicted octanol–water partition coefficient (Wildman–Crippen LogP) is 5.01. The number of hydrogen-bond donors (Lipinski definition) is 0. The second-order valence-electron chi connectivity index (χ2n) is 6.50. The molecule has 1 saturated heterocycles. The van der Waals surface area contributed by atoms with E-state index in [0.29, 0.717) is 13.2 Å². The van der Waals surface area contributed by atoms with Crippen LogP contribution in [0.25, 0.3) is 33.4 Å². The Kier molecular flexibility index (Phi) is 4.13. The van der Waals surface area contributed by atoms with Crippen LogP contribution >= 0.6 is 0 Å². The third-order valence-electron chi connectivity index (χ3n) is 4.75. The van der Waals surface area contributed by atoms with E-state index < -0.39 is 0 Å². The Labute approximate surface area is 157 Å². The summed E-state index contributed by atoms with van der Waals surface area (Å²) in [6.07, 6.45) is 1.51. The van der Waals surface area contributed by atoms with Crippen molar-refractivity contribution < 1.29 is 9.47 Å². The molecule has 27 heavy (non-hydrogen) atoms. The average molecular weight is 354 g/mol. The van der Waals surface area contributed by atoms with Crippen molar-refractivity contribution in [3.63, 3.8) is 0 Å². The van der Waals surface area contributed by atoms with Crippen LogP contribution in [-0.2, 0) is 9.47 Å². The van der Waals surface area contributed by atoms with E-state index in [0.717, 1.165) is 39.0 Å². The molecule has 0 unspecified atom stereocenters. The van der Waals surface area contributed by atoms with Gasteiger partial charge in [0.15, 0.2) is 11.9 Å². The van der Waals surface area contributed by atoms with Crippen molar-refractivity contribution in [2.75, 3.05) is 13.2 Å². The molecule has 2 aromatic carbocycles. The third kappa shape index (κ3) is 3.10. The van der Waals surface area contributed by atoms with Crippen molar-refractivity contribution >= 4 is 11.0 Å². The van der Waals surface area contributed by atoms with E-state index >= 15 is 0 Å². The molecule has 4 heteroatoms. The molecular weight excluding hydrogens is 336 g/mol. The molecule has 0 saturated carbocycles. The van der Waals surface area contributed by atoms with Crippen LogP contribution in [0.5, 0.6) is 0 Å². The van der Waals surface area contributed by atoms with Crippen molar-refractivity contribution in [2.24, 2.45) is 0 Å². The van der Waals surface area contributed by atoms with Gasteiger partial charge in [-0.25, -0.2) is 9.97 Å². The second-order valence-corrected chi connectivity index (χ2v) is 6.50. The monoisotopic (exact) mass is 354 g/mol. The van der Waals surface area contributed by atoms with E-state index in [2.05, 4.69) is 35.3 Å². The van der Waals surface area contributed by atoms with E-state index in [4.69, 9.17) is 14.5 Å². The molecule has 0 aliphatic carbocycles. The molecule has 1 aliphatic rings. The normalized spacial score (nSPS) is 14.7. The van der Waals surface area contributed by atoms with Crippen LogP contribution in [0.1, 0.15) is 11.9 Å². The molecular formula is C23H18N2O2. The Morgan fingerprint density at radius 1 is 0.778 bits per heavy atom. The minimum absolute atomic E-state index is 0.265. The Balaban J connectivity index is 1.64. The molecule has 1 aliphatic heterocycles. The zero-order chi connectivity index (χ0) is 18.1. The Bertz CT molecular complexity index is 1070. The molecule has 2 aromatic heterocycles. The fraction of sp³-hybridized carbons (Fsp3) is 0.130. The highest BCUT2D eigenvalue weighted by molar-refractivity contribution is 5.90. The van der Waals surface area contributed by atoms with E-state index in [1.54, 1.807) is 6.20 Å². The highest BCUT2D eigenvalue weighted by Gasteiger charge is 2.18. The van der Waals surface area contributed by atoms with Gasteiger partial charge in [0, 0.05) is 28.3 Å². The van der Waals surface area contributed by atoms with Crippen molar-refractivity contribution in [2.45, 2.75) is 6.29 Å². The van der Waals surface area contributed by atoms with Crippen LogP contribution in [0.4, 0.5) is 0 Å². The minimum atomic E-state index is -0.265. The lowest BCUT2D eigenvalue weighted by Gasteiger charge is -2.13. The SMILES string of the molecule is c1ccc(-c2cc3cccnc3nc2-c2ccc(C3OCCO3)cc2)cc1. The van der Waals surface area contributed by atoms with Gasteiger partial charge in [-0.1, -0.05) is 54.6 Å². The van der Waals surface area contributed by atoms with E-state index in [9.17, 15) is 0 Å². The molecule has 132 valence electrons. The Morgan fingerprint density at radius 3 is 2.33 bits per heavy atom. The maximum atomic E-state index is 5.59. The van der Waals surface area contributed by atoms with Crippen LogP contribution in [0.15, 0.2) is 79.0 Å². The maximum Gasteiger partial charge on any atom is 0.184 e. The van der Waals surface area contributed by atoms with Crippen molar-refractivity contribution in [3.8, 4) is 22.4 Å². The second kappa shape index (κ2) is 6.91. The summed E-state index contributed by atoms with van der Waals surface area (Å²) >= 11 is 0. The van der Waals surface area contributed by atoms with Crippen LogP contribution in [0.2, 0.25) is 0 Å². The standard InChI is InChI=1S/C23H18N2O2/c1-2-5-16(6-3-1)20-15-19-7-4-12-24-22(19)25-21(20)17-8-10-18(11-9-17)23-26-13-14-27-23/h1-12,15,23H,13-14H2. The molecule has 0 amide bonds. The largest absolute Gasteiger partial charge is 0.346 e. The summed E-state index contributed by atoms with van der Waals surface area (Å²) in [6, 6.07) is 24.7. The first-order chi connectivity index (χ1) is 13.4. The lowest BCUT2D eigenvalue weighted by Crippen LogP contribution is -1.98.